The molecule has 2 N–H and O–H groups in total. The van der Waals surface area contributed by atoms with Crippen LogP contribution in [0.5, 0.6) is 5.75 Å². The summed E-state index contributed by atoms with van der Waals surface area (Å²) in [5.41, 5.74) is 0.865. The summed E-state index contributed by atoms with van der Waals surface area (Å²) in [5.74, 6) is -1.04. The standard InChI is InChI=1S/C12H12ClNO4/c13-9-1-2-10-7(4-9)3-8(6-18-10)12(17)14-5-11(15)16/h1-2,4,8H,3,5-6H2,(H,14,17)(H,15,16). The van der Waals surface area contributed by atoms with E-state index >= 15 is 0 Å². The molecular weight excluding hydrogens is 258 g/mol. The van der Waals surface area contributed by atoms with Crippen molar-refractivity contribution in [3.8, 4) is 5.75 Å². The summed E-state index contributed by atoms with van der Waals surface area (Å²) in [6.45, 7) is -0.127. The van der Waals surface area contributed by atoms with Crippen LogP contribution in [-0.2, 0) is 16.0 Å². The number of hydrogen-bond donors (Lipinski definition) is 2. The van der Waals surface area contributed by atoms with E-state index in [4.69, 9.17) is 21.4 Å². The molecule has 1 unspecified atom stereocenters. The van der Waals surface area contributed by atoms with Gasteiger partial charge in [0.1, 0.15) is 18.9 Å². The van der Waals surface area contributed by atoms with Gasteiger partial charge in [0.25, 0.3) is 0 Å². The third-order valence-electron chi connectivity index (χ3n) is 2.71. The number of ether oxygens (including phenoxy) is 1. The van der Waals surface area contributed by atoms with Crippen molar-refractivity contribution < 1.29 is 19.4 Å². The Morgan fingerprint density at radius 2 is 2.28 bits per heavy atom. The Labute approximate surface area is 109 Å². The Balaban J connectivity index is 2.02. The number of amides is 1. The van der Waals surface area contributed by atoms with Crippen molar-refractivity contribution in [2.24, 2.45) is 5.92 Å². The molecule has 5 nitrogen and oxygen atoms in total. The highest BCUT2D eigenvalue weighted by Gasteiger charge is 2.26. The van der Waals surface area contributed by atoms with Crippen LogP contribution in [0.1, 0.15) is 5.56 Å². The molecule has 1 aromatic rings. The van der Waals surface area contributed by atoms with Gasteiger partial charge >= 0.3 is 5.97 Å². The monoisotopic (exact) mass is 269 g/mol. The van der Waals surface area contributed by atoms with E-state index in [-0.39, 0.29) is 25.0 Å². The molecule has 0 spiro atoms. The smallest absolute Gasteiger partial charge is 0.322 e. The highest BCUT2D eigenvalue weighted by molar-refractivity contribution is 6.30. The molecule has 6 heteroatoms. The number of rotatable bonds is 3. The van der Waals surface area contributed by atoms with Gasteiger partial charge < -0.3 is 15.2 Å². The van der Waals surface area contributed by atoms with Crippen LogP contribution in [0.15, 0.2) is 18.2 Å². The highest BCUT2D eigenvalue weighted by atomic mass is 35.5. The van der Waals surface area contributed by atoms with E-state index in [1.165, 1.54) is 0 Å². The fraction of sp³-hybridized carbons (Fsp3) is 0.333. The van der Waals surface area contributed by atoms with E-state index in [2.05, 4.69) is 5.32 Å². The summed E-state index contributed by atoms with van der Waals surface area (Å²) in [7, 11) is 0. The summed E-state index contributed by atoms with van der Waals surface area (Å²) in [5, 5.41) is 11.4. The van der Waals surface area contributed by atoms with Crippen LogP contribution in [0.3, 0.4) is 0 Å². The molecule has 0 fully saturated rings. The Hall–Kier alpha value is -1.75. The molecule has 1 aliphatic rings. The van der Waals surface area contributed by atoms with E-state index in [9.17, 15) is 9.59 Å². The Bertz CT molecular complexity index is 489. The quantitative estimate of drug-likeness (QED) is 0.861. The van der Waals surface area contributed by atoms with Crippen LogP contribution in [0, 0.1) is 5.92 Å². The van der Waals surface area contributed by atoms with Crippen LogP contribution in [0.4, 0.5) is 0 Å². The van der Waals surface area contributed by atoms with Gasteiger partial charge in [-0.15, -0.1) is 0 Å². The summed E-state index contributed by atoms with van der Waals surface area (Å²) < 4.78 is 5.45. The molecule has 1 heterocycles. The molecule has 1 aromatic carbocycles. The zero-order valence-electron chi connectivity index (χ0n) is 9.48. The number of halogens is 1. The van der Waals surface area contributed by atoms with Crippen molar-refractivity contribution in [3.63, 3.8) is 0 Å². The van der Waals surface area contributed by atoms with Crippen LogP contribution >= 0.6 is 11.6 Å². The summed E-state index contributed by atoms with van der Waals surface area (Å²) in [4.78, 5) is 22.1. The number of fused-ring (bicyclic) bond motifs is 1. The number of benzene rings is 1. The summed E-state index contributed by atoms with van der Waals surface area (Å²) >= 11 is 5.87. The van der Waals surface area contributed by atoms with Crippen molar-refractivity contribution in [2.45, 2.75) is 6.42 Å². The van der Waals surface area contributed by atoms with Crippen LogP contribution in [0.2, 0.25) is 5.02 Å². The highest BCUT2D eigenvalue weighted by Crippen LogP contribution is 2.29. The first-order chi connectivity index (χ1) is 8.56. The molecule has 0 saturated heterocycles. The van der Waals surface area contributed by atoms with E-state index in [0.29, 0.717) is 11.4 Å². The Kier molecular flexibility index (Phi) is 3.72. The molecule has 0 aliphatic carbocycles. The van der Waals surface area contributed by atoms with Gasteiger partial charge in [0.05, 0.1) is 5.92 Å². The minimum absolute atomic E-state index is 0.250. The first-order valence-corrected chi connectivity index (χ1v) is 5.85. The maximum Gasteiger partial charge on any atom is 0.322 e. The van der Waals surface area contributed by atoms with Crippen molar-refractivity contribution >= 4 is 23.5 Å². The van der Waals surface area contributed by atoms with Gasteiger partial charge in [-0.05, 0) is 30.2 Å². The number of carboxylic acids is 1. The SMILES string of the molecule is O=C(O)CNC(=O)C1COc2ccc(Cl)cc2C1. The number of nitrogens with one attached hydrogen (secondary N) is 1. The Morgan fingerprint density at radius 1 is 1.50 bits per heavy atom. The lowest BCUT2D eigenvalue weighted by atomic mass is 9.96. The molecule has 0 radical (unpaired) electrons. The minimum atomic E-state index is -1.07. The van der Waals surface area contributed by atoms with Gasteiger partial charge in [-0.25, -0.2) is 0 Å². The molecule has 2 rings (SSSR count). The van der Waals surface area contributed by atoms with E-state index < -0.39 is 5.97 Å². The number of aliphatic carboxylic acids is 1. The second kappa shape index (κ2) is 5.27. The topological polar surface area (TPSA) is 75.6 Å². The zero-order chi connectivity index (χ0) is 13.1. The first kappa shape index (κ1) is 12.7. The zero-order valence-corrected chi connectivity index (χ0v) is 10.2. The molecular formula is C12H12ClNO4. The predicted octanol–water partition coefficient (Wildman–Crippen LogP) is 1.09. The predicted molar refractivity (Wildman–Crippen MR) is 64.8 cm³/mol. The lowest BCUT2D eigenvalue weighted by molar-refractivity contribution is -0.138. The van der Waals surface area contributed by atoms with Crippen molar-refractivity contribution in [1.29, 1.82) is 0 Å². The second-order valence-electron chi connectivity index (χ2n) is 4.08. The van der Waals surface area contributed by atoms with Gasteiger partial charge in [0.2, 0.25) is 5.91 Å². The van der Waals surface area contributed by atoms with E-state index in [1.54, 1.807) is 18.2 Å². The van der Waals surface area contributed by atoms with Crippen molar-refractivity contribution in [2.75, 3.05) is 13.2 Å². The first-order valence-electron chi connectivity index (χ1n) is 5.47. The fourth-order valence-electron chi connectivity index (χ4n) is 1.84. The second-order valence-corrected chi connectivity index (χ2v) is 4.51. The fourth-order valence-corrected chi connectivity index (χ4v) is 2.03. The van der Waals surface area contributed by atoms with Crippen LogP contribution < -0.4 is 10.1 Å². The molecule has 0 saturated carbocycles. The average Bonchev–Trinajstić information content (AvgIpc) is 2.34. The van der Waals surface area contributed by atoms with Gasteiger partial charge in [0.15, 0.2) is 0 Å². The molecule has 96 valence electrons. The van der Waals surface area contributed by atoms with E-state index in [1.807, 2.05) is 0 Å². The third-order valence-corrected chi connectivity index (χ3v) is 2.95. The summed E-state index contributed by atoms with van der Waals surface area (Å²) in [6, 6.07) is 5.25. The molecule has 0 bridgehead atoms. The van der Waals surface area contributed by atoms with Gasteiger partial charge in [-0.3, -0.25) is 9.59 Å². The molecule has 1 aliphatic heterocycles. The maximum absolute atomic E-state index is 11.7. The normalized spacial score (nSPS) is 17.5. The number of carbonyl (C=O) groups is 2. The van der Waals surface area contributed by atoms with Crippen molar-refractivity contribution in [1.82, 2.24) is 5.32 Å². The van der Waals surface area contributed by atoms with Crippen LogP contribution in [-0.4, -0.2) is 30.1 Å². The Morgan fingerprint density at radius 3 is 3.00 bits per heavy atom. The average molecular weight is 270 g/mol. The third kappa shape index (κ3) is 2.92. The van der Waals surface area contributed by atoms with Gasteiger partial charge in [-0.1, -0.05) is 11.6 Å². The maximum atomic E-state index is 11.7. The van der Waals surface area contributed by atoms with Crippen molar-refractivity contribution in [3.05, 3.63) is 28.8 Å². The summed E-state index contributed by atoms with van der Waals surface area (Å²) in [6.07, 6.45) is 0.501. The van der Waals surface area contributed by atoms with E-state index in [0.717, 1.165) is 11.3 Å². The van der Waals surface area contributed by atoms with Gasteiger partial charge in [-0.2, -0.15) is 0 Å². The molecule has 1 amide bonds. The largest absolute Gasteiger partial charge is 0.492 e. The van der Waals surface area contributed by atoms with Crippen LogP contribution in [0.25, 0.3) is 0 Å². The lowest BCUT2D eigenvalue weighted by Gasteiger charge is -2.24. The molecule has 1 atom stereocenters. The lowest BCUT2D eigenvalue weighted by Crippen LogP contribution is -2.39. The minimum Gasteiger partial charge on any atom is -0.492 e. The number of carbonyl (C=O) groups excluding carboxylic acids is 1. The molecule has 18 heavy (non-hydrogen) atoms. The number of hydrogen-bond acceptors (Lipinski definition) is 3. The molecule has 0 aromatic heterocycles. The van der Waals surface area contributed by atoms with Gasteiger partial charge in [0, 0.05) is 5.02 Å². The number of carboxylic acid groups (broad SMARTS) is 1.